The standard InChI is InChI=1S/C15H27N3O/c1-6-16-14(9-13-7-8-18(5)17-13)15-10(2)11(3)19-12(15)4/h7-8,10-12,14-16H,6,9H2,1-5H3. The monoisotopic (exact) mass is 265 g/mol. The predicted molar refractivity (Wildman–Crippen MR) is 77.0 cm³/mol. The Labute approximate surface area is 116 Å². The SMILES string of the molecule is CCNC(Cc1ccn(C)n1)C1C(C)OC(C)C1C. The average molecular weight is 265 g/mol. The molecule has 0 aromatic carbocycles. The van der Waals surface area contributed by atoms with E-state index >= 15 is 0 Å². The summed E-state index contributed by atoms with van der Waals surface area (Å²) in [6.45, 7) is 9.85. The van der Waals surface area contributed by atoms with Crippen molar-refractivity contribution in [2.24, 2.45) is 18.9 Å². The minimum atomic E-state index is 0.317. The number of aryl methyl sites for hydroxylation is 1. The molecule has 1 aliphatic rings. The molecule has 19 heavy (non-hydrogen) atoms. The number of ether oxygens (including phenoxy) is 1. The molecule has 1 aromatic heterocycles. The second-order valence-corrected chi connectivity index (χ2v) is 5.83. The maximum atomic E-state index is 5.99. The molecule has 0 bridgehead atoms. The number of nitrogens with zero attached hydrogens (tertiary/aromatic N) is 2. The summed E-state index contributed by atoms with van der Waals surface area (Å²) in [7, 11) is 1.97. The molecule has 2 rings (SSSR count). The third-order valence-electron chi connectivity index (χ3n) is 4.45. The van der Waals surface area contributed by atoms with Gasteiger partial charge in [-0.15, -0.1) is 0 Å². The van der Waals surface area contributed by atoms with Crippen LogP contribution in [0.15, 0.2) is 12.3 Å². The molecule has 4 heteroatoms. The van der Waals surface area contributed by atoms with Gasteiger partial charge in [0, 0.05) is 31.6 Å². The number of aromatic nitrogens is 2. The first-order valence-corrected chi connectivity index (χ1v) is 7.40. The Bertz CT molecular complexity index is 404. The summed E-state index contributed by atoms with van der Waals surface area (Å²) in [6, 6.07) is 2.55. The summed E-state index contributed by atoms with van der Waals surface area (Å²) in [4.78, 5) is 0. The maximum absolute atomic E-state index is 5.99. The number of hydrogen-bond donors (Lipinski definition) is 1. The lowest BCUT2D eigenvalue weighted by molar-refractivity contribution is 0.0476. The zero-order chi connectivity index (χ0) is 14.0. The quantitative estimate of drug-likeness (QED) is 0.885. The van der Waals surface area contributed by atoms with Crippen molar-refractivity contribution in [3.63, 3.8) is 0 Å². The van der Waals surface area contributed by atoms with Crippen molar-refractivity contribution in [2.45, 2.75) is 52.4 Å². The maximum Gasteiger partial charge on any atom is 0.0640 e. The summed E-state index contributed by atoms with van der Waals surface area (Å²) in [5, 5.41) is 8.14. The highest BCUT2D eigenvalue weighted by molar-refractivity contribution is 5.04. The molecule has 5 unspecified atom stereocenters. The number of rotatable bonds is 5. The zero-order valence-electron chi connectivity index (χ0n) is 12.8. The van der Waals surface area contributed by atoms with E-state index in [2.05, 4.69) is 44.2 Å². The minimum Gasteiger partial charge on any atom is -0.375 e. The lowest BCUT2D eigenvalue weighted by atomic mass is 9.81. The van der Waals surface area contributed by atoms with Crippen LogP contribution in [0.3, 0.4) is 0 Å². The van der Waals surface area contributed by atoms with Crippen LogP contribution in [0, 0.1) is 11.8 Å². The Kier molecular flexibility index (Phi) is 4.63. The van der Waals surface area contributed by atoms with Crippen LogP contribution in [0.5, 0.6) is 0 Å². The van der Waals surface area contributed by atoms with Crippen molar-refractivity contribution in [1.82, 2.24) is 15.1 Å². The van der Waals surface area contributed by atoms with Gasteiger partial charge in [-0.1, -0.05) is 13.8 Å². The molecular weight excluding hydrogens is 238 g/mol. The molecule has 1 saturated heterocycles. The molecule has 5 atom stereocenters. The molecule has 108 valence electrons. The van der Waals surface area contributed by atoms with Crippen LogP contribution in [-0.4, -0.2) is 34.6 Å². The topological polar surface area (TPSA) is 39.1 Å². The van der Waals surface area contributed by atoms with E-state index in [1.54, 1.807) is 0 Å². The van der Waals surface area contributed by atoms with E-state index in [-0.39, 0.29) is 0 Å². The predicted octanol–water partition coefficient (Wildman–Crippen LogP) is 2.00. The Morgan fingerprint density at radius 3 is 2.58 bits per heavy atom. The summed E-state index contributed by atoms with van der Waals surface area (Å²) < 4.78 is 7.86. The first kappa shape index (κ1) is 14.5. The fourth-order valence-electron chi connectivity index (χ4n) is 3.39. The van der Waals surface area contributed by atoms with Gasteiger partial charge in [0.15, 0.2) is 0 Å². The third kappa shape index (κ3) is 3.18. The van der Waals surface area contributed by atoms with Crippen LogP contribution in [0.2, 0.25) is 0 Å². The van der Waals surface area contributed by atoms with E-state index < -0.39 is 0 Å². The number of nitrogens with one attached hydrogen (secondary N) is 1. The van der Waals surface area contributed by atoms with E-state index in [0.717, 1.165) is 18.7 Å². The summed E-state index contributed by atoms with van der Waals surface area (Å²) in [5.74, 6) is 1.14. The second kappa shape index (κ2) is 6.06. The highest BCUT2D eigenvalue weighted by atomic mass is 16.5. The fourth-order valence-corrected chi connectivity index (χ4v) is 3.39. The van der Waals surface area contributed by atoms with Crippen molar-refractivity contribution >= 4 is 0 Å². The van der Waals surface area contributed by atoms with Gasteiger partial charge in [-0.05, 0) is 32.4 Å². The normalized spacial score (nSPS) is 32.7. The molecule has 2 heterocycles. The van der Waals surface area contributed by atoms with Crippen LogP contribution in [0.4, 0.5) is 0 Å². The highest BCUT2D eigenvalue weighted by Gasteiger charge is 2.41. The molecule has 0 spiro atoms. The summed E-state index contributed by atoms with van der Waals surface area (Å²) >= 11 is 0. The van der Waals surface area contributed by atoms with Crippen molar-refractivity contribution in [3.8, 4) is 0 Å². The van der Waals surface area contributed by atoms with E-state index in [9.17, 15) is 0 Å². The zero-order valence-corrected chi connectivity index (χ0v) is 12.8. The molecule has 1 fully saturated rings. The van der Waals surface area contributed by atoms with Crippen LogP contribution < -0.4 is 5.32 Å². The Morgan fingerprint density at radius 1 is 1.37 bits per heavy atom. The first-order chi connectivity index (χ1) is 9.02. The molecule has 1 aliphatic heterocycles. The minimum absolute atomic E-state index is 0.317. The van der Waals surface area contributed by atoms with Crippen LogP contribution in [0.25, 0.3) is 0 Å². The lowest BCUT2D eigenvalue weighted by Gasteiger charge is -2.29. The van der Waals surface area contributed by atoms with Crippen molar-refractivity contribution in [2.75, 3.05) is 6.54 Å². The fraction of sp³-hybridized carbons (Fsp3) is 0.800. The van der Waals surface area contributed by atoms with E-state index in [1.165, 1.54) is 0 Å². The van der Waals surface area contributed by atoms with Gasteiger partial charge in [0.2, 0.25) is 0 Å². The Balaban J connectivity index is 2.11. The van der Waals surface area contributed by atoms with Gasteiger partial charge in [-0.25, -0.2) is 0 Å². The van der Waals surface area contributed by atoms with Crippen molar-refractivity contribution in [1.29, 1.82) is 0 Å². The van der Waals surface area contributed by atoms with Gasteiger partial charge >= 0.3 is 0 Å². The van der Waals surface area contributed by atoms with Gasteiger partial charge in [0.25, 0.3) is 0 Å². The highest BCUT2D eigenvalue weighted by Crippen LogP contribution is 2.35. The molecular formula is C15H27N3O. The first-order valence-electron chi connectivity index (χ1n) is 7.40. The molecule has 0 saturated carbocycles. The van der Waals surface area contributed by atoms with Crippen LogP contribution >= 0.6 is 0 Å². The number of likely N-dealkylation sites (N-methyl/N-ethyl adjacent to an activating group) is 1. The van der Waals surface area contributed by atoms with Crippen molar-refractivity contribution < 1.29 is 4.74 Å². The molecule has 0 amide bonds. The van der Waals surface area contributed by atoms with E-state index in [4.69, 9.17) is 4.74 Å². The van der Waals surface area contributed by atoms with Gasteiger partial charge in [-0.3, -0.25) is 4.68 Å². The van der Waals surface area contributed by atoms with Crippen molar-refractivity contribution in [3.05, 3.63) is 18.0 Å². The molecule has 1 N–H and O–H groups in total. The molecule has 0 radical (unpaired) electrons. The summed E-state index contributed by atoms with van der Waals surface area (Å²) in [6.07, 6.45) is 3.66. The largest absolute Gasteiger partial charge is 0.375 e. The second-order valence-electron chi connectivity index (χ2n) is 5.83. The van der Waals surface area contributed by atoms with E-state index in [0.29, 0.717) is 30.1 Å². The molecule has 1 aromatic rings. The Hall–Kier alpha value is -0.870. The Morgan fingerprint density at radius 2 is 2.11 bits per heavy atom. The average Bonchev–Trinajstić information content (AvgIpc) is 2.84. The smallest absolute Gasteiger partial charge is 0.0640 e. The van der Waals surface area contributed by atoms with Gasteiger partial charge in [-0.2, -0.15) is 5.10 Å². The molecule has 4 nitrogen and oxygen atoms in total. The van der Waals surface area contributed by atoms with E-state index in [1.807, 2.05) is 17.9 Å². The van der Waals surface area contributed by atoms with Gasteiger partial charge < -0.3 is 10.1 Å². The molecule has 0 aliphatic carbocycles. The summed E-state index contributed by atoms with van der Waals surface area (Å²) in [5.41, 5.74) is 1.16. The number of hydrogen-bond acceptors (Lipinski definition) is 3. The lowest BCUT2D eigenvalue weighted by Crippen LogP contribution is -2.43. The van der Waals surface area contributed by atoms with Crippen LogP contribution in [-0.2, 0) is 18.2 Å². The van der Waals surface area contributed by atoms with Gasteiger partial charge in [0.1, 0.15) is 0 Å². The van der Waals surface area contributed by atoms with Crippen LogP contribution in [0.1, 0.15) is 33.4 Å². The van der Waals surface area contributed by atoms with Gasteiger partial charge in [0.05, 0.1) is 17.9 Å². The third-order valence-corrected chi connectivity index (χ3v) is 4.45.